The molecule has 0 bridgehead atoms. The van der Waals surface area contributed by atoms with Gasteiger partial charge in [-0.15, -0.1) is 5.10 Å². The van der Waals surface area contributed by atoms with Crippen LogP contribution < -0.4 is 15.8 Å². The van der Waals surface area contributed by atoms with Crippen LogP contribution in [0.2, 0.25) is 0 Å². The van der Waals surface area contributed by atoms with Crippen LogP contribution in [0.4, 0.5) is 5.69 Å². The maximum atomic E-state index is 13.5. The van der Waals surface area contributed by atoms with E-state index in [1.54, 1.807) is 10.6 Å². The number of aromatic amines is 1. The zero-order valence-corrected chi connectivity index (χ0v) is 24.5. The topological polar surface area (TPSA) is 116 Å². The summed E-state index contributed by atoms with van der Waals surface area (Å²) in [5, 5.41) is 11.0. The minimum atomic E-state index is -1.61. The molecule has 3 heterocycles. The SMILES string of the molecule is Cc1ccc(S(=O)c2n[nH]n3c2nc(=O)c2ccc(N4CCN(CC(=O)NCCc5ccccc5)CC4)cc23)c(C)c1. The van der Waals surface area contributed by atoms with Crippen molar-refractivity contribution in [3.8, 4) is 0 Å². The van der Waals surface area contributed by atoms with Crippen molar-refractivity contribution in [2.75, 3.05) is 44.2 Å². The number of nitrogens with one attached hydrogen (secondary N) is 2. The molecule has 1 fully saturated rings. The molecule has 1 atom stereocenters. The predicted molar refractivity (Wildman–Crippen MR) is 164 cm³/mol. The van der Waals surface area contributed by atoms with E-state index in [-0.39, 0.29) is 22.1 Å². The molecule has 1 aliphatic heterocycles. The molecule has 10 nitrogen and oxygen atoms in total. The normalized spacial score (nSPS) is 14.9. The van der Waals surface area contributed by atoms with Crippen molar-refractivity contribution in [1.82, 2.24) is 30.0 Å². The van der Waals surface area contributed by atoms with E-state index in [0.717, 1.165) is 49.4 Å². The molecule has 1 unspecified atom stereocenters. The fraction of sp³-hybridized carbons (Fsp3) is 0.290. The summed E-state index contributed by atoms with van der Waals surface area (Å²) < 4.78 is 15.1. The molecule has 0 radical (unpaired) electrons. The number of H-pyrrole nitrogens is 1. The average Bonchev–Trinajstić information content (AvgIpc) is 3.41. The van der Waals surface area contributed by atoms with Crippen molar-refractivity contribution in [2.24, 2.45) is 0 Å². The Balaban J connectivity index is 1.15. The lowest BCUT2D eigenvalue weighted by Crippen LogP contribution is -2.49. The van der Waals surface area contributed by atoms with Gasteiger partial charge in [0, 0.05) is 43.3 Å². The molecule has 6 rings (SSSR count). The highest BCUT2D eigenvalue weighted by molar-refractivity contribution is 7.85. The number of hydrogen-bond donors (Lipinski definition) is 2. The Labute approximate surface area is 245 Å². The second-order valence-corrected chi connectivity index (χ2v) is 12.0. The van der Waals surface area contributed by atoms with Gasteiger partial charge in [0.15, 0.2) is 10.7 Å². The molecule has 0 aliphatic carbocycles. The highest BCUT2D eigenvalue weighted by atomic mass is 32.2. The number of aryl methyl sites for hydroxylation is 2. The maximum Gasteiger partial charge on any atom is 0.281 e. The van der Waals surface area contributed by atoms with Gasteiger partial charge in [0.25, 0.3) is 5.56 Å². The van der Waals surface area contributed by atoms with Gasteiger partial charge in [-0.3, -0.25) is 14.5 Å². The standard InChI is InChI=1S/C31H33N7O3S/c1-21-8-11-27(22(2)18-21)42(41)31-29-33-30(40)25-10-9-24(19-26(25)38(29)35-34-31)37-16-14-36(15-17-37)20-28(39)32-13-12-23-6-4-3-5-7-23/h3-11,18-19,35H,12-17,20H2,1-2H3,(H,32,39). The minimum Gasteiger partial charge on any atom is -0.369 e. The zero-order valence-electron chi connectivity index (χ0n) is 23.7. The molecule has 42 heavy (non-hydrogen) atoms. The Hall–Kier alpha value is -4.35. The lowest BCUT2D eigenvalue weighted by atomic mass is 10.1. The number of nitrogens with zero attached hydrogens (tertiary/aromatic N) is 5. The fourth-order valence-corrected chi connectivity index (χ4v) is 6.62. The third-order valence-corrected chi connectivity index (χ3v) is 9.19. The molecule has 0 spiro atoms. The first-order valence-corrected chi connectivity index (χ1v) is 15.2. The van der Waals surface area contributed by atoms with E-state index in [0.29, 0.717) is 28.9 Å². The molecular formula is C31H33N7O3S. The summed E-state index contributed by atoms with van der Waals surface area (Å²) >= 11 is 0. The van der Waals surface area contributed by atoms with Crippen LogP contribution in [0.25, 0.3) is 16.6 Å². The number of rotatable bonds is 8. The summed E-state index contributed by atoms with van der Waals surface area (Å²) in [5.41, 5.74) is 4.63. The molecule has 216 valence electrons. The smallest absolute Gasteiger partial charge is 0.281 e. The number of carbonyl (C=O) groups is 1. The summed E-state index contributed by atoms with van der Waals surface area (Å²) in [7, 11) is -1.61. The van der Waals surface area contributed by atoms with Crippen LogP contribution >= 0.6 is 0 Å². The summed E-state index contributed by atoms with van der Waals surface area (Å²) in [6.07, 6.45) is 0.813. The van der Waals surface area contributed by atoms with Gasteiger partial charge in [-0.2, -0.15) is 4.98 Å². The highest BCUT2D eigenvalue weighted by Crippen LogP contribution is 2.25. The molecule has 3 aromatic carbocycles. The van der Waals surface area contributed by atoms with Gasteiger partial charge in [-0.05, 0) is 55.7 Å². The van der Waals surface area contributed by atoms with Gasteiger partial charge in [0.2, 0.25) is 5.91 Å². The zero-order chi connectivity index (χ0) is 29.2. The Bertz CT molecular complexity index is 1840. The molecule has 1 amide bonds. The lowest BCUT2D eigenvalue weighted by molar-refractivity contribution is -0.122. The molecule has 2 aromatic heterocycles. The lowest BCUT2D eigenvalue weighted by Gasteiger charge is -2.35. The number of aromatic nitrogens is 4. The van der Waals surface area contributed by atoms with E-state index in [1.165, 1.54) is 5.56 Å². The average molecular weight is 584 g/mol. The molecule has 11 heteroatoms. The van der Waals surface area contributed by atoms with Gasteiger partial charge >= 0.3 is 0 Å². The van der Waals surface area contributed by atoms with Crippen molar-refractivity contribution in [3.05, 3.63) is 93.8 Å². The Morgan fingerprint density at radius 3 is 2.55 bits per heavy atom. The quantitative estimate of drug-likeness (QED) is 0.289. The molecule has 1 aliphatic rings. The molecule has 0 saturated carbocycles. The Morgan fingerprint density at radius 1 is 1.00 bits per heavy atom. The van der Waals surface area contributed by atoms with Crippen LogP contribution in [0.1, 0.15) is 16.7 Å². The van der Waals surface area contributed by atoms with Gasteiger partial charge < -0.3 is 10.2 Å². The first-order valence-electron chi connectivity index (χ1n) is 14.1. The summed E-state index contributed by atoms with van der Waals surface area (Å²) in [6, 6.07) is 21.5. The fourth-order valence-electron chi connectivity index (χ4n) is 5.44. The van der Waals surface area contributed by atoms with Gasteiger partial charge in [0.05, 0.1) is 17.4 Å². The third-order valence-electron chi connectivity index (χ3n) is 7.70. The van der Waals surface area contributed by atoms with E-state index in [2.05, 4.69) is 42.5 Å². The van der Waals surface area contributed by atoms with Crippen LogP contribution in [0.3, 0.4) is 0 Å². The Morgan fingerprint density at radius 2 is 1.79 bits per heavy atom. The Kier molecular flexibility index (Phi) is 7.86. The molecule has 1 saturated heterocycles. The second kappa shape index (κ2) is 11.9. The van der Waals surface area contributed by atoms with Crippen molar-refractivity contribution >= 4 is 38.9 Å². The third kappa shape index (κ3) is 5.70. The number of benzene rings is 3. The van der Waals surface area contributed by atoms with E-state index in [4.69, 9.17) is 0 Å². The minimum absolute atomic E-state index is 0.0348. The molecular weight excluding hydrogens is 550 g/mol. The monoisotopic (exact) mass is 583 g/mol. The second-order valence-electron chi connectivity index (χ2n) is 10.7. The van der Waals surface area contributed by atoms with E-state index in [1.807, 2.05) is 62.4 Å². The van der Waals surface area contributed by atoms with Gasteiger partial charge in [0.1, 0.15) is 10.8 Å². The predicted octanol–water partition coefficient (Wildman–Crippen LogP) is 2.84. The van der Waals surface area contributed by atoms with Gasteiger partial charge in [-0.25, -0.2) is 13.9 Å². The first kappa shape index (κ1) is 27.8. The largest absolute Gasteiger partial charge is 0.369 e. The highest BCUT2D eigenvalue weighted by Gasteiger charge is 2.22. The number of amides is 1. The number of hydrogen-bond acceptors (Lipinski definition) is 7. The van der Waals surface area contributed by atoms with E-state index < -0.39 is 10.8 Å². The summed E-state index contributed by atoms with van der Waals surface area (Å²) in [4.78, 5) is 34.8. The van der Waals surface area contributed by atoms with Gasteiger partial charge in [-0.1, -0.05) is 48.0 Å². The number of piperazine rings is 1. The van der Waals surface area contributed by atoms with Crippen molar-refractivity contribution in [1.29, 1.82) is 0 Å². The number of carbonyl (C=O) groups excluding carboxylic acids is 1. The van der Waals surface area contributed by atoms with Crippen molar-refractivity contribution in [2.45, 2.75) is 30.2 Å². The maximum absolute atomic E-state index is 13.5. The van der Waals surface area contributed by atoms with E-state index >= 15 is 0 Å². The summed E-state index contributed by atoms with van der Waals surface area (Å²) in [5.74, 6) is 0.0348. The van der Waals surface area contributed by atoms with Crippen LogP contribution in [-0.4, -0.2) is 74.1 Å². The van der Waals surface area contributed by atoms with Crippen LogP contribution in [0, 0.1) is 13.8 Å². The van der Waals surface area contributed by atoms with Crippen LogP contribution in [0.5, 0.6) is 0 Å². The van der Waals surface area contributed by atoms with Crippen molar-refractivity contribution < 1.29 is 9.00 Å². The van der Waals surface area contributed by atoms with Crippen molar-refractivity contribution in [3.63, 3.8) is 0 Å². The molecule has 2 N–H and O–H groups in total. The molecule has 5 aromatic rings. The van der Waals surface area contributed by atoms with Crippen LogP contribution in [0.15, 0.2) is 81.4 Å². The number of anilines is 1. The first-order chi connectivity index (χ1) is 20.4. The van der Waals surface area contributed by atoms with E-state index in [9.17, 15) is 13.8 Å². The summed E-state index contributed by atoms with van der Waals surface area (Å²) in [6.45, 7) is 7.88. The van der Waals surface area contributed by atoms with Crippen LogP contribution in [-0.2, 0) is 22.0 Å². The number of fused-ring (bicyclic) bond motifs is 3.